The normalized spacial score (nSPS) is 11.5. The number of benzene rings is 3. The van der Waals surface area contributed by atoms with Crippen molar-refractivity contribution in [3.63, 3.8) is 0 Å². The molecule has 0 atom stereocenters. The van der Waals surface area contributed by atoms with Crippen molar-refractivity contribution in [2.24, 2.45) is 12.5 Å². The van der Waals surface area contributed by atoms with Crippen molar-refractivity contribution in [1.82, 2.24) is 14.9 Å². The van der Waals surface area contributed by atoms with E-state index in [9.17, 15) is 14.0 Å². The average Bonchev–Trinajstić information content (AvgIpc) is 3.21. The molecule has 0 aliphatic heterocycles. The molecule has 7 nitrogen and oxygen atoms in total. The van der Waals surface area contributed by atoms with Crippen molar-refractivity contribution in [2.75, 3.05) is 11.9 Å². The Kier molecular flexibility index (Phi) is 8.89. The molecule has 1 heterocycles. The van der Waals surface area contributed by atoms with Crippen LogP contribution in [-0.2, 0) is 24.8 Å². The third kappa shape index (κ3) is 6.63. The summed E-state index contributed by atoms with van der Waals surface area (Å²) in [5.41, 5.74) is 1.61. The van der Waals surface area contributed by atoms with Crippen LogP contribution in [-0.4, -0.2) is 28.0 Å². The molecule has 4 rings (SSSR count). The Morgan fingerprint density at radius 3 is 2.44 bits per heavy atom. The van der Waals surface area contributed by atoms with Crippen LogP contribution in [0.15, 0.2) is 42.5 Å². The number of rotatable bonds is 8. The van der Waals surface area contributed by atoms with E-state index < -0.39 is 23.0 Å². The standard InChI is InChI=1S/C30H30Cl2F2N4O3/c1-6-41-25-14-24-23(12-19(25)28(39)36-17-8-10-22(33)21(32)11-17)37-26(38(24)5)13-18-20(31)9-7-16(27(18)34)15-35-29(40)30(2,3)4/h7-12,14H,6,13,15H2,1-5H3,(H,35,40)(H,36,39). The lowest BCUT2D eigenvalue weighted by Gasteiger charge is -2.18. The number of aromatic nitrogens is 2. The summed E-state index contributed by atoms with van der Waals surface area (Å²) in [6, 6.07) is 10.3. The van der Waals surface area contributed by atoms with Gasteiger partial charge in [-0.2, -0.15) is 0 Å². The Hall–Kier alpha value is -3.69. The van der Waals surface area contributed by atoms with Gasteiger partial charge in [-0.1, -0.05) is 50.0 Å². The summed E-state index contributed by atoms with van der Waals surface area (Å²) < 4.78 is 36.7. The van der Waals surface area contributed by atoms with Gasteiger partial charge in [0.15, 0.2) is 0 Å². The Morgan fingerprint density at radius 1 is 1.05 bits per heavy atom. The van der Waals surface area contributed by atoms with Crippen molar-refractivity contribution < 1.29 is 23.1 Å². The van der Waals surface area contributed by atoms with Gasteiger partial charge in [-0.25, -0.2) is 13.8 Å². The fourth-order valence-corrected chi connectivity index (χ4v) is 4.59. The van der Waals surface area contributed by atoms with Crippen molar-refractivity contribution in [2.45, 2.75) is 40.7 Å². The molecule has 41 heavy (non-hydrogen) atoms. The van der Waals surface area contributed by atoms with Crippen LogP contribution < -0.4 is 15.4 Å². The minimum atomic E-state index is -0.610. The number of halogens is 4. The molecule has 3 aromatic carbocycles. The van der Waals surface area contributed by atoms with Gasteiger partial charge in [0.2, 0.25) is 5.91 Å². The first-order chi connectivity index (χ1) is 19.3. The average molecular weight is 603 g/mol. The second-order valence-corrected chi connectivity index (χ2v) is 11.4. The topological polar surface area (TPSA) is 85.2 Å². The molecule has 11 heteroatoms. The number of ether oxygens (including phenoxy) is 1. The van der Waals surface area contributed by atoms with E-state index in [0.29, 0.717) is 40.5 Å². The number of carbonyl (C=O) groups excluding carboxylic acids is 2. The first-order valence-corrected chi connectivity index (χ1v) is 13.7. The molecule has 4 aromatic rings. The summed E-state index contributed by atoms with van der Waals surface area (Å²) in [5, 5.41) is 5.57. The monoisotopic (exact) mass is 602 g/mol. The second kappa shape index (κ2) is 12.0. The van der Waals surface area contributed by atoms with Crippen LogP contribution >= 0.6 is 23.2 Å². The molecule has 0 saturated carbocycles. The zero-order valence-electron chi connectivity index (χ0n) is 23.3. The van der Waals surface area contributed by atoms with E-state index in [2.05, 4.69) is 15.6 Å². The summed E-state index contributed by atoms with van der Waals surface area (Å²) in [7, 11) is 1.78. The molecule has 0 unspecified atom stereocenters. The number of hydrogen-bond donors (Lipinski definition) is 2. The molecule has 2 amide bonds. The zero-order chi connectivity index (χ0) is 30.1. The van der Waals surface area contributed by atoms with E-state index in [1.165, 1.54) is 12.1 Å². The predicted molar refractivity (Wildman–Crippen MR) is 157 cm³/mol. The van der Waals surface area contributed by atoms with Gasteiger partial charge in [0.25, 0.3) is 5.91 Å². The van der Waals surface area contributed by atoms with Crippen LogP contribution in [0.4, 0.5) is 14.5 Å². The van der Waals surface area contributed by atoms with Crippen LogP contribution in [0.5, 0.6) is 5.75 Å². The number of anilines is 1. The van der Waals surface area contributed by atoms with Crippen LogP contribution in [0.1, 0.15) is 55.0 Å². The number of carbonyl (C=O) groups is 2. The molecule has 0 fully saturated rings. The Bertz CT molecular complexity index is 1650. The molecule has 0 saturated heterocycles. The summed E-state index contributed by atoms with van der Waals surface area (Å²) in [4.78, 5) is 30.1. The van der Waals surface area contributed by atoms with Gasteiger partial charge in [0.1, 0.15) is 23.2 Å². The smallest absolute Gasteiger partial charge is 0.259 e. The molecular weight excluding hydrogens is 573 g/mol. The molecule has 216 valence electrons. The third-order valence-corrected chi connectivity index (χ3v) is 7.16. The molecule has 0 bridgehead atoms. The maximum absolute atomic E-state index is 15.6. The number of fused-ring (bicyclic) bond motifs is 1. The highest BCUT2D eigenvalue weighted by atomic mass is 35.5. The van der Waals surface area contributed by atoms with E-state index in [1.54, 1.807) is 63.6 Å². The molecule has 0 aliphatic rings. The lowest BCUT2D eigenvalue weighted by molar-refractivity contribution is -0.128. The Labute approximate surface area is 246 Å². The molecule has 2 N–H and O–H groups in total. The first kappa shape index (κ1) is 30.3. The fraction of sp³-hybridized carbons (Fsp3) is 0.300. The highest BCUT2D eigenvalue weighted by molar-refractivity contribution is 6.31. The predicted octanol–water partition coefficient (Wildman–Crippen LogP) is 7.06. The first-order valence-electron chi connectivity index (χ1n) is 12.9. The molecule has 0 radical (unpaired) electrons. The molecule has 1 aromatic heterocycles. The van der Waals surface area contributed by atoms with Gasteiger partial charge in [-0.05, 0) is 37.3 Å². The van der Waals surface area contributed by atoms with Crippen molar-refractivity contribution >= 4 is 51.7 Å². The highest BCUT2D eigenvalue weighted by Crippen LogP contribution is 2.31. The maximum atomic E-state index is 15.6. The number of amides is 2. The summed E-state index contributed by atoms with van der Waals surface area (Å²) in [5.74, 6) is -0.991. The number of nitrogens with one attached hydrogen (secondary N) is 2. The minimum absolute atomic E-state index is 0.0180. The van der Waals surface area contributed by atoms with Gasteiger partial charge in [-0.15, -0.1) is 0 Å². The molecule has 0 spiro atoms. The fourth-order valence-electron chi connectivity index (χ4n) is 4.20. The van der Waals surface area contributed by atoms with E-state index in [4.69, 9.17) is 27.9 Å². The Morgan fingerprint density at radius 2 is 1.78 bits per heavy atom. The van der Waals surface area contributed by atoms with Crippen molar-refractivity contribution in [3.8, 4) is 5.75 Å². The van der Waals surface area contributed by atoms with Crippen LogP contribution in [0.3, 0.4) is 0 Å². The number of nitrogens with zero attached hydrogens (tertiary/aromatic N) is 2. The van der Waals surface area contributed by atoms with E-state index in [-0.39, 0.29) is 40.0 Å². The molecule has 0 aliphatic carbocycles. The van der Waals surface area contributed by atoms with E-state index in [1.807, 2.05) is 0 Å². The minimum Gasteiger partial charge on any atom is -0.493 e. The molecular formula is C30H30Cl2F2N4O3. The number of aryl methyl sites for hydroxylation is 1. The number of imidazole rings is 1. The number of hydrogen-bond acceptors (Lipinski definition) is 4. The van der Waals surface area contributed by atoms with Crippen molar-refractivity contribution in [1.29, 1.82) is 0 Å². The maximum Gasteiger partial charge on any atom is 0.259 e. The van der Waals surface area contributed by atoms with E-state index in [0.717, 1.165) is 6.07 Å². The van der Waals surface area contributed by atoms with E-state index >= 15 is 4.39 Å². The second-order valence-electron chi connectivity index (χ2n) is 10.5. The zero-order valence-corrected chi connectivity index (χ0v) is 24.8. The highest BCUT2D eigenvalue weighted by Gasteiger charge is 2.23. The largest absolute Gasteiger partial charge is 0.493 e. The van der Waals surface area contributed by atoms with Crippen LogP contribution in [0, 0.1) is 17.0 Å². The van der Waals surface area contributed by atoms with Gasteiger partial charge in [-0.3, -0.25) is 9.59 Å². The Balaban J connectivity index is 1.66. The van der Waals surface area contributed by atoms with Crippen LogP contribution in [0.25, 0.3) is 11.0 Å². The summed E-state index contributed by atoms with van der Waals surface area (Å²) in [6.45, 7) is 7.46. The lowest BCUT2D eigenvalue weighted by atomic mass is 9.95. The lowest BCUT2D eigenvalue weighted by Crippen LogP contribution is -2.34. The van der Waals surface area contributed by atoms with Gasteiger partial charge >= 0.3 is 0 Å². The third-order valence-electron chi connectivity index (χ3n) is 6.52. The van der Waals surface area contributed by atoms with Gasteiger partial charge in [0, 0.05) is 53.3 Å². The van der Waals surface area contributed by atoms with Crippen LogP contribution in [0.2, 0.25) is 10.0 Å². The quantitative estimate of drug-likeness (QED) is 0.226. The summed E-state index contributed by atoms with van der Waals surface area (Å²) in [6.07, 6.45) is 0.0660. The SMILES string of the molecule is CCOc1cc2c(cc1C(=O)Nc1ccc(F)c(Cl)c1)nc(Cc1c(Cl)ccc(CNC(=O)C(C)(C)C)c1F)n2C. The van der Waals surface area contributed by atoms with Gasteiger partial charge in [0.05, 0.1) is 28.2 Å². The summed E-state index contributed by atoms with van der Waals surface area (Å²) >= 11 is 12.3. The van der Waals surface area contributed by atoms with Gasteiger partial charge < -0.3 is 19.9 Å². The van der Waals surface area contributed by atoms with Crippen molar-refractivity contribution in [3.05, 3.63) is 86.7 Å².